The number of allylic oxidation sites excluding steroid dienone is 6. The molecule has 8 aliphatic rings. The predicted octanol–water partition coefficient (Wildman–Crippen LogP) is 13.1. The Labute approximate surface area is 349 Å². The highest BCUT2D eigenvalue weighted by atomic mass is 16.5. The number of hydrogen-bond acceptors (Lipinski definition) is 2. The zero-order valence-electron chi connectivity index (χ0n) is 34.3. The lowest BCUT2D eigenvalue weighted by molar-refractivity contribution is -0.140. The molecule has 0 amide bonds. The third kappa shape index (κ3) is 2.57. The lowest BCUT2D eigenvalue weighted by Crippen LogP contribution is -2.42. The van der Waals surface area contributed by atoms with Gasteiger partial charge in [-0.1, -0.05) is 78.8 Å². The Kier molecular flexibility index (Phi) is 4.22. The molecule has 0 heterocycles. The van der Waals surface area contributed by atoms with Crippen LogP contribution in [-0.2, 0) is 34.2 Å². The first kappa shape index (κ1) is 29.9. The Balaban J connectivity index is 1.18. The van der Waals surface area contributed by atoms with Crippen molar-refractivity contribution in [1.29, 1.82) is 0 Å². The quantitative estimate of drug-likeness (QED) is 0.0988. The molecule has 0 spiro atoms. The fourth-order valence-corrected chi connectivity index (χ4v) is 17.7. The molecule has 2 nitrogen and oxygen atoms in total. The molecule has 4 unspecified atom stereocenters. The minimum Gasteiger partial charge on any atom is -0.469 e. The fraction of sp³-hybridized carbons (Fsp3) is 0.237. The number of hydrogen-bond donors (Lipinski definition) is 0. The van der Waals surface area contributed by atoms with Crippen molar-refractivity contribution < 1.29 is 9.53 Å². The summed E-state index contributed by atoms with van der Waals surface area (Å²) in [6, 6.07) is 19.6. The summed E-state index contributed by atoms with van der Waals surface area (Å²) in [6.45, 7) is 4.99. The Morgan fingerprint density at radius 3 is 2.26 bits per heavy atom. The largest absolute Gasteiger partial charge is 0.469 e. The summed E-state index contributed by atoms with van der Waals surface area (Å²) in [7, 11) is 1.55. The van der Waals surface area contributed by atoms with Crippen LogP contribution in [0.2, 0.25) is 0 Å². The Morgan fingerprint density at radius 1 is 0.721 bits per heavy atom. The minimum atomic E-state index is -0.238. The summed E-state index contributed by atoms with van der Waals surface area (Å²) < 4.78 is 5.32. The molecule has 0 aliphatic heterocycles. The highest BCUT2D eigenvalue weighted by molar-refractivity contribution is 6.59. The number of ether oxygens (including phenoxy) is 1. The SMILES string of the molecule is COC(=O)CCCC1(c2ccccc2)CC(C)C2=C3Cc4cc5cc6c7c8c(cc9c%10c%11c%12c%13c(c%14c%15c%16c%17c(c3c4c3c5c7c(c%173)c(c%108)c%16c%14%11)C2C=%151)CC(C)=C%13C=CC%129)C6. The Morgan fingerprint density at radius 2 is 1.43 bits per heavy atom. The van der Waals surface area contributed by atoms with Gasteiger partial charge in [-0.2, -0.15) is 0 Å². The van der Waals surface area contributed by atoms with Crippen LogP contribution in [0.5, 0.6) is 0 Å². The number of carbonyl (C=O) groups excluding carboxylic acids is 1. The number of benzene rings is 9. The summed E-state index contributed by atoms with van der Waals surface area (Å²) in [5.74, 6) is 0.866. The van der Waals surface area contributed by atoms with Gasteiger partial charge in [0.1, 0.15) is 0 Å². The van der Waals surface area contributed by atoms with E-state index in [0.29, 0.717) is 18.3 Å². The summed E-state index contributed by atoms with van der Waals surface area (Å²) in [6.07, 6.45) is 11.5. The van der Waals surface area contributed by atoms with Crippen molar-refractivity contribution in [1.82, 2.24) is 0 Å². The van der Waals surface area contributed by atoms with E-state index in [4.69, 9.17) is 4.74 Å². The van der Waals surface area contributed by atoms with Crippen molar-refractivity contribution in [2.45, 2.75) is 76.0 Å². The molecule has 0 N–H and O–H groups in total. The van der Waals surface area contributed by atoms with Crippen molar-refractivity contribution >= 4 is 120 Å². The minimum absolute atomic E-state index is 0.0960. The first-order valence-electron chi connectivity index (χ1n) is 23.1. The molecular weight excluding hydrogens is 741 g/mol. The van der Waals surface area contributed by atoms with Gasteiger partial charge in [-0.3, -0.25) is 4.79 Å². The van der Waals surface area contributed by atoms with E-state index >= 15 is 0 Å². The molecule has 19 rings (SSSR count). The second-order valence-corrected chi connectivity index (χ2v) is 21.1. The van der Waals surface area contributed by atoms with Crippen LogP contribution in [0.3, 0.4) is 0 Å². The molecule has 1 fully saturated rings. The molecule has 0 bridgehead atoms. The summed E-state index contributed by atoms with van der Waals surface area (Å²) >= 11 is 0. The highest BCUT2D eigenvalue weighted by Gasteiger charge is 2.56. The van der Waals surface area contributed by atoms with Crippen molar-refractivity contribution in [3.05, 3.63) is 133 Å². The summed E-state index contributed by atoms with van der Waals surface area (Å²) in [5, 5.41) is 30.1. The maximum absolute atomic E-state index is 13.0. The first-order valence-corrected chi connectivity index (χ1v) is 23.1. The number of esters is 1. The smallest absolute Gasteiger partial charge is 0.305 e. The molecule has 0 saturated heterocycles. The van der Waals surface area contributed by atoms with Crippen molar-refractivity contribution in [2.24, 2.45) is 5.92 Å². The molecule has 4 atom stereocenters. The van der Waals surface area contributed by atoms with E-state index in [2.05, 4.69) is 74.5 Å². The van der Waals surface area contributed by atoms with E-state index < -0.39 is 0 Å². The summed E-state index contributed by atoms with van der Waals surface area (Å²) in [4.78, 5) is 13.0. The van der Waals surface area contributed by atoms with E-state index in [1.807, 2.05) is 0 Å². The molecule has 2 heteroatoms. The number of rotatable bonds is 5. The zero-order valence-corrected chi connectivity index (χ0v) is 34.3. The summed E-state index contributed by atoms with van der Waals surface area (Å²) in [5.41, 5.74) is 23.6. The van der Waals surface area contributed by atoms with Gasteiger partial charge in [0.05, 0.1) is 7.11 Å². The Hall–Kier alpha value is -6.25. The fourth-order valence-electron chi connectivity index (χ4n) is 17.7. The van der Waals surface area contributed by atoms with Crippen molar-refractivity contribution in [3.8, 4) is 0 Å². The van der Waals surface area contributed by atoms with Gasteiger partial charge in [0.25, 0.3) is 0 Å². The zero-order chi connectivity index (χ0) is 39.2. The van der Waals surface area contributed by atoms with Crippen LogP contribution >= 0.6 is 0 Å². The average molecular weight is 777 g/mol. The van der Waals surface area contributed by atoms with Crippen LogP contribution in [-0.4, -0.2) is 13.1 Å². The average Bonchev–Trinajstić information content (AvgIpc) is 4.14. The Bertz CT molecular complexity index is 4320. The molecule has 61 heavy (non-hydrogen) atoms. The number of fused-ring (bicyclic) bond motifs is 3. The van der Waals surface area contributed by atoms with Crippen LogP contribution in [0.1, 0.15) is 107 Å². The van der Waals surface area contributed by atoms with E-state index in [-0.39, 0.29) is 17.3 Å². The van der Waals surface area contributed by atoms with Gasteiger partial charge in [0, 0.05) is 23.7 Å². The molecule has 11 aromatic rings. The van der Waals surface area contributed by atoms with Gasteiger partial charge in [0.2, 0.25) is 0 Å². The molecule has 0 aromatic heterocycles. The van der Waals surface area contributed by atoms with Gasteiger partial charge < -0.3 is 4.74 Å². The lowest BCUT2D eigenvalue weighted by Gasteiger charge is -2.49. The van der Waals surface area contributed by atoms with E-state index in [0.717, 1.165) is 38.5 Å². The molecular formula is C59H36O2. The number of carbonyl (C=O) groups is 1. The van der Waals surface area contributed by atoms with Crippen LogP contribution in [0.25, 0.3) is 114 Å². The maximum Gasteiger partial charge on any atom is 0.305 e. The van der Waals surface area contributed by atoms with Crippen LogP contribution in [0.4, 0.5) is 0 Å². The second kappa shape index (κ2) is 8.62. The van der Waals surface area contributed by atoms with Crippen LogP contribution < -0.4 is 5.22 Å². The first-order chi connectivity index (χ1) is 30.0. The molecule has 284 valence electrons. The highest BCUT2D eigenvalue weighted by Crippen LogP contribution is 2.72. The normalized spacial score (nSPS) is 24.3. The second-order valence-electron chi connectivity index (χ2n) is 21.1. The third-order valence-electron chi connectivity index (χ3n) is 19.0. The monoisotopic (exact) mass is 776 g/mol. The van der Waals surface area contributed by atoms with Crippen molar-refractivity contribution in [2.75, 3.05) is 7.11 Å². The lowest BCUT2D eigenvalue weighted by atomic mass is 9.54. The van der Waals surface area contributed by atoms with E-state index in [9.17, 15) is 4.79 Å². The van der Waals surface area contributed by atoms with E-state index in [1.54, 1.807) is 171 Å². The number of methoxy groups -OCH3 is 1. The van der Waals surface area contributed by atoms with Gasteiger partial charge >= 0.3 is 5.97 Å². The standard InChI is InChI=1S/C59H36O2/c1-21-14-31-39-28(21)11-12-29-30-18-25-16-23-15-24-17-26-19-32-34-22(2)20-59(13-7-10-33(60)61-3,27-8-5-4-6-9-27)58-56(34)49-42(32)37(26)45-38(24)44-35(23)36(25)46-41(30)47(40(29)39)48-43(31)57(58)55-53(48)52(46)50(44)51(45)54(49)55/h4-6,8-9,11-12,15,17-18,22,29,56H,7,10,13-14,16,19-20H2,1-3H3. The maximum atomic E-state index is 13.0. The van der Waals surface area contributed by atoms with Crippen LogP contribution in [0.15, 0.2) is 71.8 Å². The predicted molar refractivity (Wildman–Crippen MR) is 250 cm³/mol. The van der Waals surface area contributed by atoms with Gasteiger partial charge in [-0.05, 0) is 226 Å². The van der Waals surface area contributed by atoms with Gasteiger partial charge in [0.15, 0.2) is 0 Å². The van der Waals surface area contributed by atoms with Gasteiger partial charge in [-0.15, -0.1) is 0 Å². The topological polar surface area (TPSA) is 26.3 Å². The molecule has 11 aromatic carbocycles. The van der Waals surface area contributed by atoms with Crippen LogP contribution in [0, 0.1) is 5.92 Å². The molecule has 8 aliphatic carbocycles. The van der Waals surface area contributed by atoms with Crippen molar-refractivity contribution in [3.63, 3.8) is 0 Å². The van der Waals surface area contributed by atoms with Gasteiger partial charge in [-0.25, -0.2) is 0 Å². The third-order valence-corrected chi connectivity index (χ3v) is 19.0. The molecule has 0 radical (unpaired) electrons. The molecule has 1 saturated carbocycles. The van der Waals surface area contributed by atoms with E-state index in [1.165, 1.54) is 22.1 Å².